The van der Waals surface area contributed by atoms with Gasteiger partial charge in [-0.05, 0) is 38.5 Å². The Kier molecular flexibility index (Phi) is 4.62. The Morgan fingerprint density at radius 2 is 2.00 bits per heavy atom. The van der Waals surface area contributed by atoms with E-state index >= 15 is 0 Å². The molecule has 2 heterocycles. The van der Waals surface area contributed by atoms with Crippen LogP contribution in [0.15, 0.2) is 43.0 Å². The van der Waals surface area contributed by atoms with Crippen molar-refractivity contribution < 1.29 is 0 Å². The van der Waals surface area contributed by atoms with Crippen LogP contribution >= 0.6 is 0 Å². The second kappa shape index (κ2) is 6.83. The van der Waals surface area contributed by atoms with E-state index in [1.54, 1.807) is 12.7 Å². The molecule has 3 rings (SSSR count). The van der Waals surface area contributed by atoms with E-state index < -0.39 is 0 Å². The van der Waals surface area contributed by atoms with Crippen LogP contribution in [0, 0.1) is 0 Å². The van der Waals surface area contributed by atoms with E-state index in [4.69, 9.17) is 0 Å². The van der Waals surface area contributed by atoms with Crippen LogP contribution in [-0.4, -0.2) is 45.8 Å². The Bertz CT molecular complexity index is 517. The summed E-state index contributed by atoms with van der Waals surface area (Å²) in [6, 6.07) is 11.5. The minimum atomic E-state index is 0.279. The molecular formula is C16H23N5. The highest BCUT2D eigenvalue weighted by Crippen LogP contribution is 2.18. The van der Waals surface area contributed by atoms with Crippen LogP contribution in [0.5, 0.6) is 0 Å². The molecule has 0 aliphatic carbocycles. The third kappa shape index (κ3) is 3.89. The summed E-state index contributed by atoms with van der Waals surface area (Å²) in [5.41, 5.74) is 1.31. The predicted octanol–water partition coefficient (Wildman–Crippen LogP) is 1.70. The fraction of sp³-hybridized carbons (Fsp3) is 0.500. The minimum Gasteiger partial charge on any atom is -0.306 e. The lowest BCUT2D eigenvalue weighted by atomic mass is 10.0. The van der Waals surface area contributed by atoms with Gasteiger partial charge in [-0.2, -0.15) is 5.10 Å². The molecule has 0 radical (unpaired) electrons. The molecule has 5 heteroatoms. The number of aromatic nitrogens is 3. The maximum Gasteiger partial charge on any atom is 0.137 e. The van der Waals surface area contributed by atoms with E-state index in [1.165, 1.54) is 31.5 Å². The summed E-state index contributed by atoms with van der Waals surface area (Å²) in [6.07, 6.45) is 5.79. The summed E-state index contributed by atoms with van der Waals surface area (Å²) in [5, 5.41) is 8.06. The van der Waals surface area contributed by atoms with Gasteiger partial charge in [0.25, 0.3) is 0 Å². The van der Waals surface area contributed by atoms with E-state index in [0.717, 1.165) is 6.54 Å². The number of hydrogen-bond acceptors (Lipinski definition) is 4. The van der Waals surface area contributed by atoms with Gasteiger partial charge in [0.15, 0.2) is 0 Å². The number of nitrogens with zero attached hydrogens (tertiary/aromatic N) is 4. The third-order valence-corrected chi connectivity index (χ3v) is 4.19. The summed E-state index contributed by atoms with van der Waals surface area (Å²) in [6.45, 7) is 3.15. The number of rotatable bonds is 5. The highest BCUT2D eigenvalue weighted by molar-refractivity contribution is 5.19. The summed E-state index contributed by atoms with van der Waals surface area (Å²) in [4.78, 5) is 6.44. The molecule has 0 spiro atoms. The molecule has 112 valence electrons. The molecule has 21 heavy (non-hydrogen) atoms. The van der Waals surface area contributed by atoms with Crippen molar-refractivity contribution in [2.75, 3.05) is 20.1 Å². The average Bonchev–Trinajstić information content (AvgIpc) is 3.03. The van der Waals surface area contributed by atoms with Crippen molar-refractivity contribution in [3.63, 3.8) is 0 Å². The average molecular weight is 285 g/mol. The van der Waals surface area contributed by atoms with Crippen molar-refractivity contribution in [3.05, 3.63) is 48.5 Å². The molecule has 1 N–H and O–H groups in total. The molecule has 2 aromatic rings. The molecule has 1 aliphatic heterocycles. The molecule has 5 nitrogen and oxygen atoms in total. The van der Waals surface area contributed by atoms with Crippen molar-refractivity contribution in [3.8, 4) is 0 Å². The van der Waals surface area contributed by atoms with Crippen LogP contribution in [0.2, 0.25) is 0 Å². The summed E-state index contributed by atoms with van der Waals surface area (Å²) < 4.78 is 1.90. The summed E-state index contributed by atoms with van der Waals surface area (Å²) >= 11 is 0. The van der Waals surface area contributed by atoms with E-state index in [-0.39, 0.29) is 6.04 Å². The zero-order valence-electron chi connectivity index (χ0n) is 12.5. The van der Waals surface area contributed by atoms with Gasteiger partial charge in [0.1, 0.15) is 12.7 Å². The Hall–Kier alpha value is -1.72. The van der Waals surface area contributed by atoms with Gasteiger partial charge < -0.3 is 10.2 Å². The Morgan fingerprint density at radius 3 is 2.67 bits per heavy atom. The first kappa shape index (κ1) is 14.2. The molecule has 0 saturated carbocycles. The van der Waals surface area contributed by atoms with Crippen LogP contribution in [0.1, 0.15) is 24.4 Å². The van der Waals surface area contributed by atoms with Crippen LogP contribution in [0.4, 0.5) is 0 Å². The maximum atomic E-state index is 4.24. The number of nitrogens with one attached hydrogen (secondary N) is 1. The zero-order valence-corrected chi connectivity index (χ0v) is 12.5. The highest BCUT2D eigenvalue weighted by Gasteiger charge is 2.21. The second-order valence-electron chi connectivity index (χ2n) is 5.83. The summed E-state index contributed by atoms with van der Waals surface area (Å²) in [5.74, 6) is 0. The second-order valence-corrected chi connectivity index (χ2v) is 5.83. The molecule has 1 fully saturated rings. The monoisotopic (exact) mass is 285 g/mol. The van der Waals surface area contributed by atoms with Crippen LogP contribution in [0.3, 0.4) is 0 Å². The Balaban J connectivity index is 1.70. The normalized spacial score (nSPS) is 18.7. The molecule has 1 saturated heterocycles. The summed E-state index contributed by atoms with van der Waals surface area (Å²) in [7, 11) is 2.19. The SMILES string of the molecule is CN1CCC(N[C@@H](Cn2cncn2)c2ccccc2)CC1. The van der Waals surface area contributed by atoms with Gasteiger partial charge in [-0.15, -0.1) is 0 Å². The van der Waals surface area contributed by atoms with Crippen molar-refractivity contribution in [1.82, 2.24) is 25.0 Å². The van der Waals surface area contributed by atoms with Crippen molar-refractivity contribution in [1.29, 1.82) is 0 Å². The molecule has 0 unspecified atom stereocenters. The molecular weight excluding hydrogens is 262 g/mol. The van der Waals surface area contributed by atoms with Crippen molar-refractivity contribution >= 4 is 0 Å². The number of piperidine rings is 1. The Labute approximate surface area is 126 Å². The van der Waals surface area contributed by atoms with E-state index in [2.05, 4.69) is 57.7 Å². The first-order valence-corrected chi connectivity index (χ1v) is 7.63. The lowest BCUT2D eigenvalue weighted by Gasteiger charge is -2.32. The molecule has 1 aromatic carbocycles. The lowest BCUT2D eigenvalue weighted by Crippen LogP contribution is -2.43. The number of hydrogen-bond donors (Lipinski definition) is 1. The van der Waals surface area contributed by atoms with Gasteiger partial charge in [-0.3, -0.25) is 4.68 Å². The quantitative estimate of drug-likeness (QED) is 0.908. The molecule has 0 amide bonds. The fourth-order valence-electron chi connectivity index (χ4n) is 2.91. The van der Waals surface area contributed by atoms with Crippen LogP contribution in [-0.2, 0) is 6.54 Å². The topological polar surface area (TPSA) is 46.0 Å². The first-order chi connectivity index (χ1) is 10.3. The predicted molar refractivity (Wildman–Crippen MR) is 82.9 cm³/mol. The van der Waals surface area contributed by atoms with Crippen molar-refractivity contribution in [2.45, 2.75) is 31.5 Å². The van der Waals surface area contributed by atoms with E-state index in [1.807, 2.05) is 4.68 Å². The van der Waals surface area contributed by atoms with Gasteiger partial charge in [-0.25, -0.2) is 4.98 Å². The smallest absolute Gasteiger partial charge is 0.137 e. The van der Waals surface area contributed by atoms with Crippen molar-refractivity contribution in [2.24, 2.45) is 0 Å². The largest absolute Gasteiger partial charge is 0.306 e. The third-order valence-electron chi connectivity index (χ3n) is 4.19. The fourth-order valence-corrected chi connectivity index (χ4v) is 2.91. The molecule has 1 aromatic heterocycles. The van der Waals surface area contributed by atoms with Gasteiger partial charge in [0, 0.05) is 6.04 Å². The van der Waals surface area contributed by atoms with E-state index in [9.17, 15) is 0 Å². The minimum absolute atomic E-state index is 0.279. The zero-order chi connectivity index (χ0) is 14.5. The van der Waals surface area contributed by atoms with Crippen LogP contribution < -0.4 is 5.32 Å². The van der Waals surface area contributed by atoms with Gasteiger partial charge in [0.2, 0.25) is 0 Å². The van der Waals surface area contributed by atoms with Gasteiger partial charge >= 0.3 is 0 Å². The number of likely N-dealkylation sites (tertiary alicyclic amines) is 1. The molecule has 1 atom stereocenters. The van der Waals surface area contributed by atoms with Gasteiger partial charge in [-0.1, -0.05) is 30.3 Å². The Morgan fingerprint density at radius 1 is 1.24 bits per heavy atom. The van der Waals surface area contributed by atoms with Gasteiger partial charge in [0.05, 0.1) is 12.6 Å². The lowest BCUT2D eigenvalue weighted by molar-refractivity contribution is 0.219. The first-order valence-electron chi connectivity index (χ1n) is 7.63. The standard InChI is InChI=1S/C16H23N5/c1-20-9-7-15(8-10-20)19-16(11-21-13-17-12-18-21)14-5-3-2-4-6-14/h2-6,12-13,15-16,19H,7-11H2,1H3/t16-/m0/s1. The molecule has 1 aliphatic rings. The maximum absolute atomic E-state index is 4.24. The highest BCUT2D eigenvalue weighted by atomic mass is 15.3. The van der Waals surface area contributed by atoms with E-state index in [0.29, 0.717) is 6.04 Å². The number of benzene rings is 1. The van der Waals surface area contributed by atoms with Crippen LogP contribution in [0.25, 0.3) is 0 Å². The molecule has 0 bridgehead atoms.